The van der Waals surface area contributed by atoms with Gasteiger partial charge in [0.25, 0.3) is 11.8 Å². The maximum Gasteiger partial charge on any atom is 0.274 e. The van der Waals surface area contributed by atoms with Crippen LogP contribution in [-0.2, 0) is 13.1 Å². The lowest BCUT2D eigenvalue weighted by Crippen LogP contribution is -2.35. The summed E-state index contributed by atoms with van der Waals surface area (Å²) in [6.07, 6.45) is 4.47. The number of carbonyl (C=O) groups excluding carboxylic acids is 1. The number of aromatic nitrogens is 3. The Balaban J connectivity index is 1.54. The average molecular weight is 437 g/mol. The van der Waals surface area contributed by atoms with E-state index in [0.29, 0.717) is 12.1 Å². The van der Waals surface area contributed by atoms with E-state index in [1.54, 1.807) is 18.3 Å². The summed E-state index contributed by atoms with van der Waals surface area (Å²) >= 11 is 0. The minimum Gasteiger partial charge on any atom is -0.501 e. The third-order valence-electron chi connectivity index (χ3n) is 5.47. The average Bonchev–Trinajstić information content (AvgIpc) is 2.81. The number of piperidine rings is 1. The predicted molar refractivity (Wildman–Crippen MR) is 114 cm³/mol. The zero-order chi connectivity index (χ0) is 22.5. The molecule has 8 nitrogen and oxygen atoms in total. The van der Waals surface area contributed by atoms with Crippen LogP contribution in [0.2, 0.25) is 0 Å². The van der Waals surface area contributed by atoms with E-state index in [0.717, 1.165) is 31.5 Å². The number of carbonyl (C=O) groups is 1. The first-order chi connectivity index (χ1) is 15.5. The van der Waals surface area contributed by atoms with Crippen molar-refractivity contribution in [2.75, 3.05) is 6.54 Å². The van der Waals surface area contributed by atoms with Gasteiger partial charge in [0, 0.05) is 19.3 Å². The van der Waals surface area contributed by atoms with Crippen LogP contribution in [0, 0.1) is 5.82 Å². The topological polar surface area (TPSA) is 111 Å². The number of likely N-dealkylation sites (tertiary alicyclic amines) is 1. The summed E-state index contributed by atoms with van der Waals surface area (Å²) in [5.74, 6) is -2.05. The molecule has 166 valence electrons. The highest BCUT2D eigenvalue weighted by Crippen LogP contribution is 2.34. The number of nitrogens with zero attached hydrogens (tertiary/aromatic N) is 4. The molecule has 9 heteroatoms. The Morgan fingerprint density at radius 2 is 1.94 bits per heavy atom. The third-order valence-corrected chi connectivity index (χ3v) is 5.47. The van der Waals surface area contributed by atoms with Gasteiger partial charge in [-0.2, -0.15) is 4.98 Å². The van der Waals surface area contributed by atoms with Gasteiger partial charge in [-0.3, -0.25) is 14.7 Å². The van der Waals surface area contributed by atoms with E-state index in [1.807, 2.05) is 18.2 Å². The second kappa shape index (κ2) is 9.69. The highest BCUT2D eigenvalue weighted by Gasteiger charge is 2.29. The third kappa shape index (κ3) is 5.00. The van der Waals surface area contributed by atoms with Gasteiger partial charge < -0.3 is 15.5 Å². The first-order valence-electron chi connectivity index (χ1n) is 10.5. The number of benzene rings is 1. The fourth-order valence-electron chi connectivity index (χ4n) is 3.81. The van der Waals surface area contributed by atoms with E-state index in [1.165, 1.54) is 12.1 Å². The summed E-state index contributed by atoms with van der Waals surface area (Å²) in [4.78, 5) is 27.6. The second-order valence-electron chi connectivity index (χ2n) is 7.71. The molecule has 0 radical (unpaired) electrons. The lowest BCUT2D eigenvalue weighted by molar-refractivity contribution is 0.0937. The SMILES string of the molecule is O=C(NCc1ccc(F)cc1)c1nc(C2CCCCN2Cc2ccccn2)nc(O)c1O. The van der Waals surface area contributed by atoms with E-state index in [4.69, 9.17) is 0 Å². The van der Waals surface area contributed by atoms with Crippen LogP contribution in [0.4, 0.5) is 4.39 Å². The van der Waals surface area contributed by atoms with Crippen LogP contribution in [0.15, 0.2) is 48.7 Å². The fourth-order valence-corrected chi connectivity index (χ4v) is 3.81. The molecule has 1 saturated heterocycles. The molecular weight excluding hydrogens is 413 g/mol. The molecule has 1 unspecified atom stereocenters. The number of aromatic hydroxyl groups is 2. The first-order valence-corrected chi connectivity index (χ1v) is 10.5. The quantitative estimate of drug-likeness (QED) is 0.543. The molecule has 32 heavy (non-hydrogen) atoms. The Labute approximate surface area is 184 Å². The van der Waals surface area contributed by atoms with E-state index >= 15 is 0 Å². The zero-order valence-electron chi connectivity index (χ0n) is 17.4. The van der Waals surface area contributed by atoms with Gasteiger partial charge in [-0.05, 0) is 49.2 Å². The Bertz CT molecular complexity index is 1080. The fraction of sp³-hybridized carbons (Fsp3) is 0.304. The van der Waals surface area contributed by atoms with Gasteiger partial charge in [-0.15, -0.1) is 0 Å². The Morgan fingerprint density at radius 1 is 1.12 bits per heavy atom. The highest BCUT2D eigenvalue weighted by atomic mass is 19.1. The van der Waals surface area contributed by atoms with Crippen LogP contribution >= 0.6 is 0 Å². The summed E-state index contributed by atoms with van der Waals surface area (Å²) in [7, 11) is 0. The molecule has 0 aliphatic carbocycles. The first kappa shape index (κ1) is 21.6. The molecule has 0 spiro atoms. The van der Waals surface area contributed by atoms with Crippen molar-refractivity contribution in [1.29, 1.82) is 0 Å². The minimum atomic E-state index is -0.669. The molecular formula is C23H24FN5O3. The van der Waals surface area contributed by atoms with Crippen molar-refractivity contribution in [2.24, 2.45) is 0 Å². The molecule has 0 saturated carbocycles. The van der Waals surface area contributed by atoms with Crippen LogP contribution in [0.25, 0.3) is 0 Å². The van der Waals surface area contributed by atoms with Crippen molar-refractivity contribution in [3.63, 3.8) is 0 Å². The number of rotatable bonds is 6. The van der Waals surface area contributed by atoms with Gasteiger partial charge in [0.1, 0.15) is 5.82 Å². The van der Waals surface area contributed by atoms with Crippen LogP contribution < -0.4 is 5.32 Å². The van der Waals surface area contributed by atoms with Gasteiger partial charge in [-0.25, -0.2) is 9.37 Å². The Hall–Kier alpha value is -3.59. The lowest BCUT2D eigenvalue weighted by atomic mass is 10.0. The van der Waals surface area contributed by atoms with Crippen molar-refractivity contribution < 1.29 is 19.4 Å². The summed E-state index contributed by atoms with van der Waals surface area (Å²) in [5, 5.41) is 23.1. The molecule has 1 aromatic carbocycles. The Kier molecular flexibility index (Phi) is 6.55. The molecule has 1 amide bonds. The zero-order valence-corrected chi connectivity index (χ0v) is 17.4. The van der Waals surface area contributed by atoms with Crippen molar-refractivity contribution >= 4 is 5.91 Å². The summed E-state index contributed by atoms with van der Waals surface area (Å²) in [6.45, 7) is 1.51. The molecule has 1 fully saturated rings. The summed E-state index contributed by atoms with van der Waals surface area (Å²) < 4.78 is 13.1. The van der Waals surface area contributed by atoms with E-state index in [-0.39, 0.29) is 29.9 Å². The maximum absolute atomic E-state index is 13.1. The van der Waals surface area contributed by atoms with Crippen LogP contribution in [0.3, 0.4) is 0 Å². The Morgan fingerprint density at radius 3 is 2.69 bits per heavy atom. The number of pyridine rings is 1. The molecule has 1 aliphatic rings. The molecule has 2 aromatic heterocycles. The van der Waals surface area contributed by atoms with E-state index < -0.39 is 17.5 Å². The lowest BCUT2D eigenvalue weighted by Gasteiger charge is -2.34. The molecule has 1 atom stereocenters. The number of hydrogen-bond donors (Lipinski definition) is 3. The normalized spacial score (nSPS) is 16.6. The van der Waals surface area contributed by atoms with Crippen LogP contribution in [0.1, 0.15) is 52.9 Å². The van der Waals surface area contributed by atoms with E-state index in [2.05, 4.69) is 25.2 Å². The summed E-state index contributed by atoms with van der Waals surface area (Å²) in [5.41, 5.74) is 1.30. The smallest absolute Gasteiger partial charge is 0.274 e. The summed E-state index contributed by atoms with van der Waals surface area (Å²) in [6, 6.07) is 11.2. The largest absolute Gasteiger partial charge is 0.501 e. The van der Waals surface area contributed by atoms with Gasteiger partial charge in [0.15, 0.2) is 11.5 Å². The number of hydrogen-bond acceptors (Lipinski definition) is 7. The van der Waals surface area contributed by atoms with Crippen molar-refractivity contribution in [3.05, 3.63) is 77.3 Å². The van der Waals surface area contributed by atoms with Crippen molar-refractivity contribution in [2.45, 2.75) is 38.4 Å². The molecule has 3 aromatic rings. The molecule has 1 aliphatic heterocycles. The highest BCUT2D eigenvalue weighted by molar-refractivity contribution is 5.95. The molecule has 0 bridgehead atoms. The van der Waals surface area contributed by atoms with Gasteiger partial charge >= 0.3 is 0 Å². The molecule has 3 heterocycles. The number of nitrogens with one attached hydrogen (secondary N) is 1. The number of halogens is 1. The standard InChI is InChI=1S/C23H24FN5O3/c24-16-9-7-15(8-10-16)13-26-22(31)19-20(30)23(32)28-21(27-19)18-6-2-4-12-29(18)14-17-5-1-3-11-25-17/h1,3,5,7-11,18,30H,2,4,6,12-14H2,(H,26,31)(H,27,28,32). The second-order valence-corrected chi connectivity index (χ2v) is 7.71. The number of amides is 1. The minimum absolute atomic E-state index is 0.119. The maximum atomic E-state index is 13.1. The van der Waals surface area contributed by atoms with Crippen LogP contribution in [-0.4, -0.2) is 42.5 Å². The molecule has 4 rings (SSSR count). The molecule has 3 N–H and O–H groups in total. The van der Waals surface area contributed by atoms with E-state index in [9.17, 15) is 19.4 Å². The van der Waals surface area contributed by atoms with Crippen LogP contribution in [0.5, 0.6) is 11.6 Å². The van der Waals surface area contributed by atoms with Gasteiger partial charge in [0.05, 0.1) is 11.7 Å². The van der Waals surface area contributed by atoms with Gasteiger partial charge in [0.2, 0.25) is 5.75 Å². The monoisotopic (exact) mass is 437 g/mol. The van der Waals surface area contributed by atoms with Crippen molar-refractivity contribution in [1.82, 2.24) is 25.2 Å². The predicted octanol–water partition coefficient (Wildman–Crippen LogP) is 3.08. The van der Waals surface area contributed by atoms with Crippen molar-refractivity contribution in [3.8, 4) is 11.6 Å². The van der Waals surface area contributed by atoms with Gasteiger partial charge in [-0.1, -0.05) is 24.6 Å².